The minimum atomic E-state index is -0.139. The Hall–Kier alpha value is -3.67. The second-order valence-corrected chi connectivity index (χ2v) is 7.26. The van der Waals surface area contributed by atoms with E-state index in [1.54, 1.807) is 31.4 Å². The van der Waals surface area contributed by atoms with Crippen LogP contribution in [0.2, 0.25) is 0 Å². The molecule has 4 rings (SSSR count). The lowest BCUT2D eigenvalue weighted by molar-refractivity contribution is 0.102. The van der Waals surface area contributed by atoms with Gasteiger partial charge in [-0.15, -0.1) is 0 Å². The molecule has 1 saturated heterocycles. The molecule has 0 spiro atoms. The molecule has 3 N–H and O–H groups in total. The van der Waals surface area contributed by atoms with Crippen LogP contribution in [0.25, 0.3) is 0 Å². The number of nitrogen functional groups attached to an aromatic ring is 1. The van der Waals surface area contributed by atoms with Gasteiger partial charge in [0.15, 0.2) is 0 Å². The van der Waals surface area contributed by atoms with Gasteiger partial charge in [0.05, 0.1) is 18.5 Å². The molecule has 30 heavy (non-hydrogen) atoms. The zero-order valence-corrected chi connectivity index (χ0v) is 17.0. The minimum Gasteiger partial charge on any atom is -0.497 e. The Morgan fingerprint density at radius 3 is 2.13 bits per heavy atom. The summed E-state index contributed by atoms with van der Waals surface area (Å²) >= 11 is 0. The van der Waals surface area contributed by atoms with E-state index in [0.29, 0.717) is 5.56 Å². The normalized spacial score (nSPS) is 13.8. The first-order valence-corrected chi connectivity index (χ1v) is 10.0. The van der Waals surface area contributed by atoms with Crippen LogP contribution in [-0.2, 0) is 0 Å². The fourth-order valence-corrected chi connectivity index (χ4v) is 3.68. The molecule has 0 aromatic heterocycles. The smallest absolute Gasteiger partial charge is 0.255 e. The number of rotatable bonds is 5. The average molecular weight is 402 g/mol. The summed E-state index contributed by atoms with van der Waals surface area (Å²) in [5, 5.41) is 2.94. The quantitative estimate of drug-likeness (QED) is 0.634. The van der Waals surface area contributed by atoms with Crippen LogP contribution in [0, 0.1) is 0 Å². The number of benzene rings is 3. The summed E-state index contributed by atoms with van der Waals surface area (Å²) in [5.41, 5.74) is 10.6. The monoisotopic (exact) mass is 402 g/mol. The van der Waals surface area contributed by atoms with Gasteiger partial charge < -0.3 is 25.6 Å². The summed E-state index contributed by atoms with van der Waals surface area (Å²) < 4.78 is 5.13. The minimum absolute atomic E-state index is 0.139. The number of amides is 1. The molecule has 1 heterocycles. The lowest BCUT2D eigenvalue weighted by Gasteiger charge is -2.37. The predicted octanol–water partition coefficient (Wildman–Crippen LogP) is 3.86. The molecule has 3 aromatic carbocycles. The van der Waals surface area contributed by atoms with E-state index in [1.807, 2.05) is 30.3 Å². The summed E-state index contributed by atoms with van der Waals surface area (Å²) in [5.74, 6) is 0.588. The van der Waals surface area contributed by atoms with Crippen LogP contribution >= 0.6 is 0 Å². The number of hydrogen-bond acceptors (Lipinski definition) is 5. The number of para-hydroxylation sites is 2. The summed E-state index contributed by atoms with van der Waals surface area (Å²) in [6, 6.07) is 23.1. The predicted molar refractivity (Wildman–Crippen MR) is 123 cm³/mol. The fraction of sp³-hybridized carbons (Fsp3) is 0.208. The number of methoxy groups -OCH3 is 1. The third-order valence-corrected chi connectivity index (χ3v) is 5.40. The maximum Gasteiger partial charge on any atom is 0.255 e. The van der Waals surface area contributed by atoms with E-state index in [9.17, 15) is 4.79 Å². The number of nitrogens with two attached hydrogens (primary N) is 1. The van der Waals surface area contributed by atoms with E-state index in [4.69, 9.17) is 10.5 Å². The molecule has 0 bridgehead atoms. The number of hydrogen-bond donors (Lipinski definition) is 2. The van der Waals surface area contributed by atoms with E-state index in [1.165, 1.54) is 0 Å². The number of nitrogens with zero attached hydrogens (tertiary/aromatic N) is 2. The molecular weight excluding hydrogens is 376 g/mol. The van der Waals surface area contributed by atoms with Crippen molar-refractivity contribution in [1.29, 1.82) is 0 Å². The van der Waals surface area contributed by atoms with E-state index in [0.717, 1.165) is 54.7 Å². The Morgan fingerprint density at radius 1 is 0.867 bits per heavy atom. The first-order valence-electron chi connectivity index (χ1n) is 10.0. The summed E-state index contributed by atoms with van der Waals surface area (Å²) in [7, 11) is 1.60. The van der Waals surface area contributed by atoms with Crippen molar-refractivity contribution < 1.29 is 9.53 Å². The van der Waals surface area contributed by atoms with E-state index in [-0.39, 0.29) is 5.91 Å². The lowest BCUT2D eigenvalue weighted by Crippen LogP contribution is -2.46. The fourth-order valence-electron chi connectivity index (χ4n) is 3.68. The molecule has 3 aromatic rings. The van der Waals surface area contributed by atoms with Gasteiger partial charge in [0, 0.05) is 43.1 Å². The molecule has 1 amide bonds. The zero-order valence-electron chi connectivity index (χ0n) is 17.0. The van der Waals surface area contributed by atoms with Gasteiger partial charge in [-0.2, -0.15) is 0 Å². The Kier molecular flexibility index (Phi) is 5.75. The van der Waals surface area contributed by atoms with Gasteiger partial charge in [-0.3, -0.25) is 4.79 Å². The number of carbonyl (C=O) groups is 1. The summed E-state index contributed by atoms with van der Waals surface area (Å²) in [4.78, 5) is 17.1. The summed E-state index contributed by atoms with van der Waals surface area (Å²) in [6.45, 7) is 3.69. The highest BCUT2D eigenvalue weighted by Gasteiger charge is 2.19. The number of piperazine rings is 1. The van der Waals surface area contributed by atoms with Crippen molar-refractivity contribution in [3.05, 3.63) is 78.4 Å². The molecule has 154 valence electrons. The summed E-state index contributed by atoms with van der Waals surface area (Å²) in [6.07, 6.45) is 0. The van der Waals surface area contributed by atoms with Crippen LogP contribution in [0.1, 0.15) is 10.4 Å². The van der Waals surface area contributed by atoms with Crippen LogP contribution in [0.5, 0.6) is 5.75 Å². The van der Waals surface area contributed by atoms with Gasteiger partial charge in [0.2, 0.25) is 0 Å². The van der Waals surface area contributed by atoms with Crippen LogP contribution in [0.15, 0.2) is 72.8 Å². The van der Waals surface area contributed by atoms with Crippen molar-refractivity contribution in [2.45, 2.75) is 0 Å². The second kappa shape index (κ2) is 8.78. The Labute approximate surface area is 176 Å². The van der Waals surface area contributed by atoms with Crippen molar-refractivity contribution in [2.24, 2.45) is 0 Å². The number of nitrogens with one attached hydrogen (secondary N) is 1. The molecule has 0 saturated carbocycles. The molecular formula is C24H26N4O2. The van der Waals surface area contributed by atoms with Crippen LogP contribution in [-0.4, -0.2) is 39.2 Å². The third-order valence-electron chi connectivity index (χ3n) is 5.40. The second-order valence-electron chi connectivity index (χ2n) is 7.26. The van der Waals surface area contributed by atoms with Crippen molar-refractivity contribution in [3.8, 4) is 5.75 Å². The van der Waals surface area contributed by atoms with Gasteiger partial charge in [-0.1, -0.05) is 12.1 Å². The standard InChI is InChI=1S/C24H26N4O2/c1-30-21-12-6-18(7-13-21)24(29)26-19-8-10-20(11-9-19)27-14-16-28(17-15-27)23-5-3-2-4-22(23)25/h2-13H,14-17,25H2,1H3,(H,26,29). The van der Waals surface area contributed by atoms with E-state index in [2.05, 4.69) is 33.3 Å². The molecule has 0 atom stereocenters. The van der Waals surface area contributed by atoms with E-state index < -0.39 is 0 Å². The molecule has 6 nitrogen and oxygen atoms in total. The molecule has 0 radical (unpaired) electrons. The molecule has 1 aliphatic heterocycles. The van der Waals surface area contributed by atoms with Gasteiger partial charge in [-0.05, 0) is 60.7 Å². The average Bonchev–Trinajstić information content (AvgIpc) is 2.80. The van der Waals surface area contributed by atoms with Crippen molar-refractivity contribution in [1.82, 2.24) is 0 Å². The Balaban J connectivity index is 1.34. The lowest BCUT2D eigenvalue weighted by atomic mass is 10.2. The third kappa shape index (κ3) is 4.33. The molecule has 0 unspecified atom stereocenters. The highest BCUT2D eigenvalue weighted by molar-refractivity contribution is 6.04. The van der Waals surface area contributed by atoms with Crippen molar-refractivity contribution in [3.63, 3.8) is 0 Å². The van der Waals surface area contributed by atoms with Gasteiger partial charge >= 0.3 is 0 Å². The SMILES string of the molecule is COc1ccc(C(=O)Nc2ccc(N3CCN(c4ccccc4N)CC3)cc2)cc1. The Bertz CT molecular complexity index is 994. The van der Waals surface area contributed by atoms with Crippen LogP contribution in [0.4, 0.5) is 22.7 Å². The van der Waals surface area contributed by atoms with Crippen molar-refractivity contribution >= 4 is 28.7 Å². The van der Waals surface area contributed by atoms with Crippen LogP contribution < -0.4 is 25.6 Å². The van der Waals surface area contributed by atoms with Gasteiger partial charge in [0.1, 0.15) is 5.75 Å². The molecule has 1 fully saturated rings. The van der Waals surface area contributed by atoms with Gasteiger partial charge in [0.25, 0.3) is 5.91 Å². The first-order chi connectivity index (χ1) is 14.6. The molecule has 0 aliphatic carbocycles. The van der Waals surface area contributed by atoms with Crippen molar-refractivity contribution in [2.75, 3.05) is 54.1 Å². The molecule has 1 aliphatic rings. The maximum atomic E-state index is 12.4. The Morgan fingerprint density at radius 2 is 1.50 bits per heavy atom. The highest BCUT2D eigenvalue weighted by atomic mass is 16.5. The highest BCUT2D eigenvalue weighted by Crippen LogP contribution is 2.26. The number of anilines is 4. The number of carbonyl (C=O) groups excluding carboxylic acids is 1. The zero-order chi connectivity index (χ0) is 20.9. The largest absolute Gasteiger partial charge is 0.497 e. The number of ether oxygens (including phenoxy) is 1. The van der Waals surface area contributed by atoms with E-state index >= 15 is 0 Å². The first kappa shape index (κ1) is 19.6. The molecule has 6 heteroatoms. The topological polar surface area (TPSA) is 70.8 Å². The van der Waals surface area contributed by atoms with Gasteiger partial charge in [-0.25, -0.2) is 0 Å². The maximum absolute atomic E-state index is 12.4. The van der Waals surface area contributed by atoms with Crippen LogP contribution in [0.3, 0.4) is 0 Å².